The Bertz CT molecular complexity index is 827. The first-order valence-electron chi connectivity index (χ1n) is 10.4. The molecule has 0 bridgehead atoms. The maximum absolute atomic E-state index is 11.2. The summed E-state index contributed by atoms with van der Waals surface area (Å²) in [6.45, 7) is 6.55. The lowest BCUT2D eigenvalue weighted by molar-refractivity contribution is -0.119. The second kappa shape index (κ2) is 8.36. The van der Waals surface area contributed by atoms with E-state index in [9.17, 15) is 4.79 Å². The summed E-state index contributed by atoms with van der Waals surface area (Å²) in [7, 11) is 0. The Morgan fingerprint density at radius 2 is 2.00 bits per heavy atom. The molecule has 0 saturated heterocycles. The molecule has 1 fully saturated rings. The Labute approximate surface area is 167 Å². The number of nitrogens with zero attached hydrogens (tertiary/aromatic N) is 1. The number of nitrogens with one attached hydrogen (secondary N) is 1. The number of benzene rings is 2. The van der Waals surface area contributed by atoms with Crippen molar-refractivity contribution in [3.05, 3.63) is 64.7 Å². The molecule has 148 valence electrons. The summed E-state index contributed by atoms with van der Waals surface area (Å²) in [5.41, 5.74) is 5.26. The van der Waals surface area contributed by atoms with Gasteiger partial charge in [-0.3, -0.25) is 9.69 Å². The minimum absolute atomic E-state index is 0.00390. The zero-order valence-corrected chi connectivity index (χ0v) is 16.9. The molecule has 1 aliphatic heterocycles. The van der Waals surface area contributed by atoms with Crippen molar-refractivity contribution in [2.45, 2.75) is 64.8 Å². The highest BCUT2D eigenvalue weighted by Crippen LogP contribution is 2.32. The molecule has 2 aliphatic rings. The zero-order valence-electron chi connectivity index (χ0n) is 16.9. The van der Waals surface area contributed by atoms with Crippen molar-refractivity contribution in [2.24, 2.45) is 0 Å². The third kappa shape index (κ3) is 4.39. The average Bonchev–Trinajstić information content (AvgIpc) is 2.64. The van der Waals surface area contributed by atoms with Gasteiger partial charge in [-0.1, -0.05) is 36.4 Å². The van der Waals surface area contributed by atoms with Crippen LogP contribution >= 0.6 is 0 Å². The van der Waals surface area contributed by atoms with Crippen molar-refractivity contribution in [1.29, 1.82) is 0 Å². The van der Waals surface area contributed by atoms with Crippen LogP contribution in [0.1, 0.15) is 61.4 Å². The van der Waals surface area contributed by atoms with Gasteiger partial charge in [0.15, 0.2) is 0 Å². The van der Waals surface area contributed by atoms with E-state index in [2.05, 4.69) is 52.7 Å². The third-order valence-electron chi connectivity index (χ3n) is 5.95. The number of hydrogen-bond donors (Lipinski definition) is 1. The molecular weight excluding hydrogens is 348 g/mol. The number of hydrogen-bond acceptors (Lipinski definition) is 3. The molecule has 1 saturated carbocycles. The zero-order chi connectivity index (χ0) is 19.5. The van der Waals surface area contributed by atoms with Gasteiger partial charge in [0.25, 0.3) is 0 Å². The molecular formula is C24H30N2O2. The fourth-order valence-electron chi connectivity index (χ4n) is 4.10. The van der Waals surface area contributed by atoms with Gasteiger partial charge in [-0.15, -0.1) is 0 Å². The molecule has 4 rings (SSSR count). The van der Waals surface area contributed by atoms with E-state index in [1.54, 1.807) is 6.92 Å². The summed E-state index contributed by atoms with van der Waals surface area (Å²) in [6.07, 6.45) is 5.19. The van der Waals surface area contributed by atoms with E-state index >= 15 is 0 Å². The Hall–Kier alpha value is -2.33. The van der Waals surface area contributed by atoms with Crippen LogP contribution in [0.25, 0.3) is 0 Å². The van der Waals surface area contributed by atoms with E-state index in [-0.39, 0.29) is 11.9 Å². The van der Waals surface area contributed by atoms with Crippen LogP contribution in [-0.2, 0) is 24.3 Å². The van der Waals surface area contributed by atoms with Gasteiger partial charge < -0.3 is 10.1 Å². The minimum Gasteiger partial charge on any atom is -0.490 e. The standard InChI is InChI=1S/C24H30N2O2/c1-17(25-18(2)27)20-11-9-19(10-12-20)15-26-14-13-23-21(16-26)5-3-8-24(23)28-22-6-4-7-22/h3,5,8-12,17,22H,4,6-7,13-16H2,1-2H3,(H,25,27)/t17-/m0/s1. The molecule has 4 nitrogen and oxygen atoms in total. The molecule has 0 spiro atoms. The predicted molar refractivity (Wildman–Crippen MR) is 111 cm³/mol. The van der Waals surface area contributed by atoms with E-state index in [1.165, 1.54) is 36.0 Å². The van der Waals surface area contributed by atoms with Crippen molar-refractivity contribution in [2.75, 3.05) is 6.54 Å². The van der Waals surface area contributed by atoms with Crippen LogP contribution in [0.4, 0.5) is 0 Å². The number of amides is 1. The molecule has 1 atom stereocenters. The van der Waals surface area contributed by atoms with Crippen molar-refractivity contribution in [3.8, 4) is 5.75 Å². The summed E-state index contributed by atoms with van der Waals surface area (Å²) in [6, 6.07) is 15.2. The second-order valence-electron chi connectivity index (χ2n) is 8.19. The van der Waals surface area contributed by atoms with Crippen LogP contribution in [0, 0.1) is 0 Å². The smallest absolute Gasteiger partial charge is 0.217 e. The van der Waals surface area contributed by atoms with Crippen molar-refractivity contribution < 1.29 is 9.53 Å². The summed E-state index contributed by atoms with van der Waals surface area (Å²) < 4.78 is 6.22. The topological polar surface area (TPSA) is 41.6 Å². The molecule has 2 aromatic carbocycles. The van der Waals surface area contributed by atoms with Crippen LogP contribution in [0.15, 0.2) is 42.5 Å². The fourth-order valence-corrected chi connectivity index (χ4v) is 4.10. The summed E-state index contributed by atoms with van der Waals surface area (Å²) >= 11 is 0. The average molecular weight is 379 g/mol. The van der Waals surface area contributed by atoms with Crippen LogP contribution in [0.3, 0.4) is 0 Å². The molecule has 4 heteroatoms. The van der Waals surface area contributed by atoms with Crippen molar-refractivity contribution in [3.63, 3.8) is 0 Å². The Kier molecular flexibility index (Phi) is 5.67. The van der Waals surface area contributed by atoms with Gasteiger partial charge in [-0.25, -0.2) is 0 Å². The van der Waals surface area contributed by atoms with Gasteiger partial charge in [0.2, 0.25) is 5.91 Å². The maximum Gasteiger partial charge on any atom is 0.217 e. The monoisotopic (exact) mass is 378 g/mol. The van der Waals surface area contributed by atoms with Crippen LogP contribution < -0.4 is 10.1 Å². The van der Waals surface area contributed by atoms with Gasteiger partial charge in [-0.05, 0) is 60.9 Å². The molecule has 0 aromatic heterocycles. The number of ether oxygens (including phenoxy) is 1. The SMILES string of the molecule is CC(=O)N[C@@H](C)c1ccc(CN2CCc3c(cccc3OC3CCC3)C2)cc1. The molecule has 28 heavy (non-hydrogen) atoms. The first-order chi connectivity index (χ1) is 13.6. The summed E-state index contributed by atoms with van der Waals surface area (Å²) in [5, 5.41) is 2.94. The predicted octanol–water partition coefficient (Wildman–Crippen LogP) is 4.37. The minimum atomic E-state index is 0.00390. The summed E-state index contributed by atoms with van der Waals surface area (Å²) in [5.74, 6) is 1.11. The lowest BCUT2D eigenvalue weighted by atomic mass is 9.95. The number of rotatable bonds is 6. The first-order valence-corrected chi connectivity index (χ1v) is 10.4. The first kappa shape index (κ1) is 19.0. The van der Waals surface area contributed by atoms with E-state index in [0.717, 1.165) is 37.4 Å². The lowest BCUT2D eigenvalue weighted by Gasteiger charge is -2.32. The quantitative estimate of drug-likeness (QED) is 0.811. The van der Waals surface area contributed by atoms with E-state index in [4.69, 9.17) is 4.74 Å². The molecule has 1 N–H and O–H groups in total. The normalized spacial score (nSPS) is 18.1. The molecule has 1 aliphatic carbocycles. The van der Waals surface area contributed by atoms with Crippen LogP contribution in [0.2, 0.25) is 0 Å². The van der Waals surface area contributed by atoms with Gasteiger partial charge in [-0.2, -0.15) is 0 Å². The largest absolute Gasteiger partial charge is 0.490 e. The molecule has 2 aromatic rings. The van der Waals surface area contributed by atoms with Crippen LogP contribution in [-0.4, -0.2) is 23.5 Å². The van der Waals surface area contributed by atoms with Gasteiger partial charge in [0.1, 0.15) is 5.75 Å². The van der Waals surface area contributed by atoms with E-state index in [1.807, 2.05) is 6.92 Å². The van der Waals surface area contributed by atoms with Crippen molar-refractivity contribution >= 4 is 5.91 Å². The second-order valence-corrected chi connectivity index (χ2v) is 8.19. The van der Waals surface area contributed by atoms with Crippen molar-refractivity contribution in [1.82, 2.24) is 10.2 Å². The molecule has 1 heterocycles. The highest BCUT2D eigenvalue weighted by atomic mass is 16.5. The third-order valence-corrected chi connectivity index (χ3v) is 5.95. The van der Waals surface area contributed by atoms with E-state index in [0.29, 0.717) is 6.10 Å². The van der Waals surface area contributed by atoms with E-state index < -0.39 is 0 Å². The maximum atomic E-state index is 11.2. The van der Waals surface area contributed by atoms with Gasteiger partial charge >= 0.3 is 0 Å². The summed E-state index contributed by atoms with van der Waals surface area (Å²) in [4.78, 5) is 13.7. The number of fused-ring (bicyclic) bond motifs is 1. The number of carbonyl (C=O) groups is 1. The molecule has 0 unspecified atom stereocenters. The number of carbonyl (C=O) groups excluding carboxylic acids is 1. The molecule has 1 amide bonds. The highest BCUT2D eigenvalue weighted by molar-refractivity contribution is 5.73. The van der Waals surface area contributed by atoms with Crippen LogP contribution in [0.5, 0.6) is 5.75 Å². The van der Waals surface area contributed by atoms with Gasteiger partial charge in [0, 0.05) is 26.6 Å². The Morgan fingerprint density at radius 3 is 2.68 bits per heavy atom. The Morgan fingerprint density at radius 1 is 1.21 bits per heavy atom. The molecule has 0 radical (unpaired) electrons. The highest BCUT2D eigenvalue weighted by Gasteiger charge is 2.24. The Balaban J connectivity index is 1.38. The van der Waals surface area contributed by atoms with Gasteiger partial charge in [0.05, 0.1) is 12.1 Å². The fraction of sp³-hybridized carbons (Fsp3) is 0.458. The lowest BCUT2D eigenvalue weighted by Crippen LogP contribution is -2.31.